The number of benzene rings is 1. The Bertz CT molecular complexity index is 486. The first-order chi connectivity index (χ1) is 8.20. The van der Waals surface area contributed by atoms with Crippen molar-refractivity contribution in [1.82, 2.24) is 9.55 Å². The monoisotopic (exact) mass is 229 g/mol. The molecule has 0 saturated carbocycles. The van der Waals surface area contributed by atoms with Gasteiger partial charge >= 0.3 is 0 Å². The van der Waals surface area contributed by atoms with E-state index < -0.39 is 0 Å². The summed E-state index contributed by atoms with van der Waals surface area (Å²) in [6.45, 7) is 7.43. The lowest BCUT2D eigenvalue weighted by atomic mass is 10.0. The van der Waals surface area contributed by atoms with Gasteiger partial charge in [-0.1, -0.05) is 26.0 Å². The highest BCUT2D eigenvalue weighted by Crippen LogP contribution is 2.21. The van der Waals surface area contributed by atoms with E-state index in [1.807, 2.05) is 12.4 Å². The third-order valence-electron chi connectivity index (χ3n) is 2.87. The molecule has 0 aliphatic carbocycles. The van der Waals surface area contributed by atoms with E-state index in [0.29, 0.717) is 5.92 Å². The molecule has 2 aromatic rings. The predicted octanol–water partition coefficient (Wildman–Crippen LogP) is 3.77. The Kier molecular flexibility index (Phi) is 3.47. The first-order valence-electron chi connectivity index (χ1n) is 6.09. The van der Waals surface area contributed by atoms with E-state index in [-0.39, 0.29) is 0 Å². The number of anilines is 2. The smallest absolute Gasteiger partial charge is 0.207 e. The van der Waals surface area contributed by atoms with Crippen molar-refractivity contribution in [3.05, 3.63) is 42.2 Å². The SMILES string of the molecule is CCn1ccnc1Nc1cccc(C(C)C)c1. The molecule has 0 amide bonds. The van der Waals surface area contributed by atoms with Gasteiger partial charge in [0.05, 0.1) is 0 Å². The van der Waals surface area contributed by atoms with Crippen LogP contribution in [0.4, 0.5) is 11.6 Å². The second kappa shape index (κ2) is 5.04. The van der Waals surface area contributed by atoms with Crippen LogP contribution in [0.3, 0.4) is 0 Å². The average Bonchev–Trinajstić information content (AvgIpc) is 2.76. The topological polar surface area (TPSA) is 29.9 Å². The standard InChI is InChI=1S/C14H19N3/c1-4-17-9-8-15-14(17)16-13-7-5-6-12(10-13)11(2)3/h5-11H,4H2,1-3H3,(H,15,16). The normalized spacial score (nSPS) is 10.8. The zero-order chi connectivity index (χ0) is 12.3. The lowest BCUT2D eigenvalue weighted by Gasteiger charge is -2.10. The highest BCUT2D eigenvalue weighted by Gasteiger charge is 2.03. The number of hydrogen-bond acceptors (Lipinski definition) is 2. The van der Waals surface area contributed by atoms with Crippen molar-refractivity contribution in [2.45, 2.75) is 33.2 Å². The van der Waals surface area contributed by atoms with Gasteiger partial charge in [0.25, 0.3) is 0 Å². The molecule has 0 spiro atoms. The summed E-state index contributed by atoms with van der Waals surface area (Å²) in [6, 6.07) is 8.49. The van der Waals surface area contributed by atoms with Gasteiger partial charge in [-0.2, -0.15) is 0 Å². The minimum absolute atomic E-state index is 0.544. The third kappa shape index (κ3) is 2.67. The highest BCUT2D eigenvalue weighted by molar-refractivity contribution is 5.55. The van der Waals surface area contributed by atoms with Crippen LogP contribution in [0, 0.1) is 0 Å². The summed E-state index contributed by atoms with van der Waals surface area (Å²) in [5.74, 6) is 1.44. The highest BCUT2D eigenvalue weighted by atomic mass is 15.2. The minimum atomic E-state index is 0.544. The summed E-state index contributed by atoms with van der Waals surface area (Å²) < 4.78 is 2.09. The molecule has 17 heavy (non-hydrogen) atoms. The molecule has 0 aliphatic rings. The Morgan fingerprint density at radius 3 is 2.88 bits per heavy atom. The molecule has 0 fully saturated rings. The van der Waals surface area contributed by atoms with Gasteiger partial charge in [0.1, 0.15) is 0 Å². The van der Waals surface area contributed by atoms with Crippen LogP contribution in [0.2, 0.25) is 0 Å². The number of nitrogens with one attached hydrogen (secondary N) is 1. The maximum absolute atomic E-state index is 4.31. The van der Waals surface area contributed by atoms with E-state index in [1.54, 1.807) is 0 Å². The molecular formula is C14H19N3. The average molecular weight is 229 g/mol. The van der Waals surface area contributed by atoms with Crippen molar-refractivity contribution in [3.8, 4) is 0 Å². The maximum Gasteiger partial charge on any atom is 0.207 e. The van der Waals surface area contributed by atoms with Gasteiger partial charge in [0.2, 0.25) is 5.95 Å². The molecular weight excluding hydrogens is 210 g/mol. The van der Waals surface area contributed by atoms with Crippen molar-refractivity contribution in [2.24, 2.45) is 0 Å². The zero-order valence-corrected chi connectivity index (χ0v) is 10.6. The first-order valence-corrected chi connectivity index (χ1v) is 6.09. The van der Waals surface area contributed by atoms with Gasteiger partial charge < -0.3 is 9.88 Å². The van der Waals surface area contributed by atoms with Crippen molar-refractivity contribution in [2.75, 3.05) is 5.32 Å². The van der Waals surface area contributed by atoms with Crippen LogP contribution in [-0.4, -0.2) is 9.55 Å². The van der Waals surface area contributed by atoms with Crippen molar-refractivity contribution in [3.63, 3.8) is 0 Å². The Labute approximate surface area is 103 Å². The third-order valence-corrected chi connectivity index (χ3v) is 2.87. The molecule has 0 radical (unpaired) electrons. The van der Waals surface area contributed by atoms with Crippen LogP contribution in [0.5, 0.6) is 0 Å². The van der Waals surface area contributed by atoms with Crippen molar-refractivity contribution in [1.29, 1.82) is 0 Å². The van der Waals surface area contributed by atoms with Crippen LogP contribution in [0.15, 0.2) is 36.7 Å². The van der Waals surface area contributed by atoms with Crippen molar-refractivity contribution >= 4 is 11.6 Å². The summed E-state index contributed by atoms with van der Waals surface area (Å²) in [5, 5.41) is 3.35. The number of rotatable bonds is 4. The molecule has 0 bridgehead atoms. The summed E-state index contributed by atoms with van der Waals surface area (Å²) in [7, 11) is 0. The van der Waals surface area contributed by atoms with Crippen LogP contribution >= 0.6 is 0 Å². The number of nitrogens with zero attached hydrogens (tertiary/aromatic N) is 2. The summed E-state index contributed by atoms with van der Waals surface area (Å²) >= 11 is 0. The summed E-state index contributed by atoms with van der Waals surface area (Å²) in [6.07, 6.45) is 3.80. The fourth-order valence-corrected chi connectivity index (χ4v) is 1.79. The predicted molar refractivity (Wildman–Crippen MR) is 71.7 cm³/mol. The van der Waals surface area contributed by atoms with Gasteiger partial charge in [-0.05, 0) is 30.5 Å². The maximum atomic E-state index is 4.31. The minimum Gasteiger partial charge on any atom is -0.326 e. The molecule has 0 unspecified atom stereocenters. The van der Waals surface area contributed by atoms with Crippen LogP contribution < -0.4 is 5.32 Å². The number of hydrogen-bond donors (Lipinski definition) is 1. The molecule has 1 aromatic heterocycles. The molecule has 90 valence electrons. The van der Waals surface area contributed by atoms with E-state index >= 15 is 0 Å². The molecule has 1 heterocycles. The van der Waals surface area contributed by atoms with E-state index in [9.17, 15) is 0 Å². The Hall–Kier alpha value is -1.77. The summed E-state index contributed by atoms with van der Waals surface area (Å²) in [5.41, 5.74) is 2.43. The summed E-state index contributed by atoms with van der Waals surface area (Å²) in [4.78, 5) is 4.31. The van der Waals surface area contributed by atoms with Gasteiger partial charge in [0.15, 0.2) is 0 Å². The van der Waals surface area contributed by atoms with Crippen LogP contribution in [0.25, 0.3) is 0 Å². The van der Waals surface area contributed by atoms with Crippen LogP contribution in [0.1, 0.15) is 32.3 Å². The second-order valence-electron chi connectivity index (χ2n) is 4.44. The van der Waals surface area contributed by atoms with Gasteiger partial charge in [-0.25, -0.2) is 4.98 Å². The fraction of sp³-hybridized carbons (Fsp3) is 0.357. The van der Waals surface area contributed by atoms with Gasteiger partial charge in [-0.3, -0.25) is 0 Å². The Morgan fingerprint density at radius 2 is 2.18 bits per heavy atom. The lowest BCUT2D eigenvalue weighted by Crippen LogP contribution is -2.01. The van der Waals surface area contributed by atoms with Crippen molar-refractivity contribution < 1.29 is 0 Å². The van der Waals surface area contributed by atoms with Gasteiger partial charge in [0, 0.05) is 24.6 Å². The largest absolute Gasteiger partial charge is 0.326 e. The molecule has 1 N–H and O–H groups in total. The Balaban J connectivity index is 2.21. The number of aryl methyl sites for hydroxylation is 1. The molecule has 3 nitrogen and oxygen atoms in total. The molecule has 0 atom stereocenters. The van der Waals surface area contributed by atoms with E-state index in [2.05, 4.69) is 59.9 Å². The molecule has 0 aliphatic heterocycles. The molecule has 3 heteroatoms. The van der Waals surface area contributed by atoms with Gasteiger partial charge in [-0.15, -0.1) is 0 Å². The quantitative estimate of drug-likeness (QED) is 0.864. The molecule has 0 saturated heterocycles. The molecule has 2 rings (SSSR count). The van der Waals surface area contributed by atoms with E-state index in [1.165, 1.54) is 5.56 Å². The molecule has 1 aromatic carbocycles. The first kappa shape index (κ1) is 11.7. The number of imidazole rings is 1. The second-order valence-corrected chi connectivity index (χ2v) is 4.44. The number of aromatic nitrogens is 2. The van der Waals surface area contributed by atoms with Crippen LogP contribution in [-0.2, 0) is 6.54 Å². The Morgan fingerprint density at radius 1 is 1.35 bits per heavy atom. The lowest BCUT2D eigenvalue weighted by molar-refractivity contribution is 0.771. The van der Waals surface area contributed by atoms with E-state index in [0.717, 1.165) is 18.2 Å². The fourth-order valence-electron chi connectivity index (χ4n) is 1.79. The van der Waals surface area contributed by atoms with E-state index in [4.69, 9.17) is 0 Å². The zero-order valence-electron chi connectivity index (χ0n) is 10.6.